The average Bonchev–Trinajstić information content (AvgIpc) is 3.06. The zero-order chi connectivity index (χ0) is 20.8. The Hall–Kier alpha value is -2.87. The summed E-state index contributed by atoms with van der Waals surface area (Å²) in [6, 6.07) is 22.6. The Balaban J connectivity index is 1.99. The maximum Gasteiger partial charge on any atom is 0.145 e. The van der Waals surface area contributed by atoms with Crippen molar-refractivity contribution in [1.29, 1.82) is 0 Å². The van der Waals surface area contributed by atoms with Crippen molar-refractivity contribution in [2.75, 3.05) is 0 Å². The lowest BCUT2D eigenvalue weighted by molar-refractivity contribution is 0.851. The van der Waals surface area contributed by atoms with Crippen LogP contribution in [0.2, 0.25) is 0 Å². The van der Waals surface area contributed by atoms with Crippen LogP contribution in [0.25, 0.3) is 28.1 Å². The molecule has 124 valence electrons. The first-order chi connectivity index (χ1) is 13.7. The van der Waals surface area contributed by atoms with Crippen LogP contribution in [0.3, 0.4) is 0 Å². The Morgan fingerprint density at radius 1 is 0.920 bits per heavy atom. The van der Waals surface area contributed by atoms with E-state index in [1.165, 1.54) is 0 Å². The van der Waals surface area contributed by atoms with Gasteiger partial charge >= 0.3 is 0 Å². The van der Waals surface area contributed by atoms with E-state index in [9.17, 15) is 0 Å². The number of hydrogen-bond donors (Lipinski definition) is 0. The Kier molecular flexibility index (Phi) is 2.89. The third-order valence-electron chi connectivity index (χ3n) is 4.39. The van der Waals surface area contributed by atoms with Gasteiger partial charge < -0.3 is 0 Å². The van der Waals surface area contributed by atoms with Crippen LogP contribution >= 0.6 is 0 Å². The lowest BCUT2D eigenvalue weighted by Crippen LogP contribution is -2.03. The highest BCUT2D eigenvalue weighted by molar-refractivity contribution is 5.83. The number of aromatic nitrogens is 2. The number of fused-ring (bicyclic) bond motifs is 1. The van der Waals surface area contributed by atoms with Gasteiger partial charge in [0.2, 0.25) is 0 Å². The SMILES string of the molecule is [2H]C([2H])([2H])c1ccc(-c2nc3ccccc3n2-c2ccccc2C([2H])(C)C)cc1. The Morgan fingerprint density at radius 2 is 1.64 bits per heavy atom. The molecule has 0 atom stereocenters. The molecule has 0 amide bonds. The predicted octanol–water partition coefficient (Wildman–Crippen LogP) is 6.12. The van der Waals surface area contributed by atoms with Crippen molar-refractivity contribution in [3.8, 4) is 17.1 Å². The maximum atomic E-state index is 8.60. The summed E-state index contributed by atoms with van der Waals surface area (Å²) in [4.78, 5) is 4.84. The summed E-state index contributed by atoms with van der Waals surface area (Å²) in [7, 11) is 0. The Morgan fingerprint density at radius 3 is 2.40 bits per heavy atom. The highest BCUT2D eigenvalue weighted by atomic mass is 15.1. The van der Waals surface area contributed by atoms with Crippen molar-refractivity contribution in [3.05, 3.63) is 83.9 Å². The van der Waals surface area contributed by atoms with E-state index in [4.69, 9.17) is 10.5 Å². The molecule has 0 bridgehead atoms. The van der Waals surface area contributed by atoms with Gasteiger partial charge in [-0.2, -0.15) is 0 Å². The number of aryl methyl sites for hydroxylation is 1. The standard InChI is InChI=1S/C23H22N2/c1-16(2)19-8-4-6-10-21(19)25-22-11-7-5-9-20(22)24-23(25)18-14-12-17(3)13-15-18/h4-16H,1-3H3/i3D3,16D. The molecule has 0 saturated carbocycles. The van der Waals surface area contributed by atoms with Gasteiger partial charge in [-0.3, -0.25) is 4.57 Å². The molecule has 0 fully saturated rings. The molecule has 1 aromatic heterocycles. The third kappa shape index (κ3) is 2.74. The molecule has 0 N–H and O–H groups in total. The molecular weight excluding hydrogens is 304 g/mol. The number of para-hydroxylation sites is 3. The van der Waals surface area contributed by atoms with Crippen molar-refractivity contribution in [3.63, 3.8) is 0 Å². The van der Waals surface area contributed by atoms with Crippen LogP contribution in [0.15, 0.2) is 72.8 Å². The minimum Gasteiger partial charge on any atom is -0.292 e. The van der Waals surface area contributed by atoms with Gasteiger partial charge in [0, 0.05) is 11.0 Å². The molecule has 2 heteroatoms. The fourth-order valence-corrected chi connectivity index (χ4v) is 3.17. The molecule has 1 heterocycles. The molecule has 3 aromatic carbocycles. The number of rotatable bonds is 3. The monoisotopic (exact) mass is 330 g/mol. The first kappa shape index (κ1) is 11.6. The van der Waals surface area contributed by atoms with Crippen molar-refractivity contribution >= 4 is 11.0 Å². The second-order valence-corrected chi connectivity index (χ2v) is 6.35. The molecule has 0 unspecified atom stereocenters. The molecular formula is C23H22N2. The molecule has 0 saturated heterocycles. The van der Waals surface area contributed by atoms with Crippen LogP contribution in [0.5, 0.6) is 0 Å². The first-order valence-electron chi connectivity index (χ1n) is 10.3. The number of hydrogen-bond acceptors (Lipinski definition) is 1. The van der Waals surface area contributed by atoms with Crippen LogP contribution in [0.1, 0.15) is 36.4 Å². The third-order valence-corrected chi connectivity index (χ3v) is 4.39. The zero-order valence-electron chi connectivity index (χ0n) is 18.3. The molecule has 0 aliphatic heterocycles. The van der Waals surface area contributed by atoms with Gasteiger partial charge in [0.05, 0.1) is 16.7 Å². The number of nitrogens with zero attached hydrogens (tertiary/aromatic N) is 2. The second kappa shape index (κ2) is 6.21. The van der Waals surface area contributed by atoms with Gasteiger partial charge in [0.25, 0.3) is 0 Å². The molecule has 0 aliphatic rings. The summed E-state index contributed by atoms with van der Waals surface area (Å²) in [6.07, 6.45) is 0. The molecule has 0 spiro atoms. The molecule has 25 heavy (non-hydrogen) atoms. The van der Waals surface area contributed by atoms with E-state index in [1.807, 2.05) is 62.4 Å². The minimum atomic E-state index is -2.14. The van der Waals surface area contributed by atoms with Gasteiger partial charge in [-0.05, 0) is 36.5 Å². The first-order valence-corrected chi connectivity index (χ1v) is 8.34. The van der Waals surface area contributed by atoms with E-state index in [0.717, 1.165) is 33.7 Å². The smallest absolute Gasteiger partial charge is 0.145 e. The van der Waals surface area contributed by atoms with E-state index < -0.39 is 12.7 Å². The topological polar surface area (TPSA) is 17.8 Å². The van der Waals surface area contributed by atoms with Gasteiger partial charge in [0.15, 0.2) is 0 Å². The quantitative estimate of drug-likeness (QED) is 0.442. The van der Waals surface area contributed by atoms with Crippen molar-refractivity contribution in [2.45, 2.75) is 26.6 Å². The normalized spacial score (nSPS) is 14.6. The predicted molar refractivity (Wildman–Crippen MR) is 105 cm³/mol. The fourth-order valence-electron chi connectivity index (χ4n) is 3.17. The lowest BCUT2D eigenvalue weighted by atomic mass is 10.0. The van der Waals surface area contributed by atoms with E-state index in [0.29, 0.717) is 5.56 Å². The van der Waals surface area contributed by atoms with Crippen molar-refractivity contribution in [2.24, 2.45) is 0 Å². The van der Waals surface area contributed by atoms with Crippen LogP contribution in [-0.4, -0.2) is 9.55 Å². The summed E-state index contributed by atoms with van der Waals surface area (Å²) in [6.45, 7) is 1.60. The summed E-state index contributed by atoms with van der Waals surface area (Å²) >= 11 is 0. The van der Waals surface area contributed by atoms with Gasteiger partial charge in [-0.25, -0.2) is 4.98 Å². The summed E-state index contributed by atoms with van der Waals surface area (Å²) < 4.78 is 33.5. The molecule has 4 aromatic rings. The van der Waals surface area contributed by atoms with Gasteiger partial charge in [-0.1, -0.05) is 74.0 Å². The fraction of sp³-hybridized carbons (Fsp3) is 0.174. The van der Waals surface area contributed by atoms with Crippen LogP contribution in [0, 0.1) is 6.85 Å². The Bertz CT molecular complexity index is 1170. The average molecular weight is 330 g/mol. The molecule has 0 aliphatic carbocycles. The molecule has 2 nitrogen and oxygen atoms in total. The van der Waals surface area contributed by atoms with Crippen LogP contribution < -0.4 is 0 Å². The minimum absolute atomic E-state index is 0.302. The lowest BCUT2D eigenvalue weighted by Gasteiger charge is -2.16. The van der Waals surface area contributed by atoms with Crippen molar-refractivity contribution in [1.82, 2.24) is 9.55 Å². The van der Waals surface area contributed by atoms with Crippen LogP contribution in [-0.2, 0) is 0 Å². The van der Waals surface area contributed by atoms with E-state index in [1.54, 1.807) is 24.3 Å². The Labute approximate surface area is 154 Å². The van der Waals surface area contributed by atoms with Gasteiger partial charge in [-0.15, -0.1) is 0 Å². The van der Waals surface area contributed by atoms with Crippen molar-refractivity contribution < 1.29 is 5.48 Å². The van der Waals surface area contributed by atoms with Gasteiger partial charge in [0.1, 0.15) is 5.82 Å². The summed E-state index contributed by atoms with van der Waals surface area (Å²) in [5.41, 5.74) is 4.71. The van der Waals surface area contributed by atoms with E-state index in [2.05, 4.69) is 4.57 Å². The molecule has 4 rings (SSSR count). The second-order valence-electron chi connectivity index (χ2n) is 6.35. The maximum absolute atomic E-state index is 8.60. The number of imidazole rings is 1. The zero-order valence-corrected chi connectivity index (χ0v) is 14.3. The highest BCUT2D eigenvalue weighted by Gasteiger charge is 2.17. The van der Waals surface area contributed by atoms with E-state index >= 15 is 0 Å². The summed E-state index contributed by atoms with van der Waals surface area (Å²) in [5.74, 6) is -0.0651. The number of benzene rings is 3. The summed E-state index contributed by atoms with van der Waals surface area (Å²) in [5, 5.41) is 0. The largest absolute Gasteiger partial charge is 0.292 e. The molecule has 0 radical (unpaired) electrons. The van der Waals surface area contributed by atoms with Crippen LogP contribution in [0.4, 0.5) is 0 Å². The van der Waals surface area contributed by atoms with E-state index in [-0.39, 0.29) is 0 Å². The highest BCUT2D eigenvalue weighted by Crippen LogP contribution is 2.32.